The molecule has 0 spiro atoms. The number of nitrogens with two attached hydrogens (primary N) is 1. The second kappa shape index (κ2) is 5.80. The Labute approximate surface area is 112 Å². The van der Waals surface area contributed by atoms with Crippen molar-refractivity contribution in [2.75, 3.05) is 6.54 Å². The maximum absolute atomic E-state index is 12.1. The van der Waals surface area contributed by atoms with Crippen molar-refractivity contribution in [2.24, 2.45) is 11.7 Å². The number of carbonyl (C=O) groups is 1. The highest BCUT2D eigenvalue weighted by Gasteiger charge is 2.37. The van der Waals surface area contributed by atoms with Gasteiger partial charge in [0.15, 0.2) is 0 Å². The van der Waals surface area contributed by atoms with Crippen molar-refractivity contribution in [3.63, 3.8) is 0 Å². The number of rotatable bonds is 4. The molecule has 2 rings (SSSR count). The van der Waals surface area contributed by atoms with Gasteiger partial charge in [0.1, 0.15) is 0 Å². The SMILES string of the molecule is CC1(N)CCCCC1C(=O)NCCc1nccs1. The molecule has 0 saturated heterocycles. The summed E-state index contributed by atoms with van der Waals surface area (Å²) in [5, 5.41) is 6.01. The molecule has 2 unspecified atom stereocenters. The lowest BCUT2D eigenvalue weighted by atomic mass is 9.74. The maximum Gasteiger partial charge on any atom is 0.224 e. The minimum absolute atomic E-state index is 0.0393. The predicted octanol–water partition coefficient (Wildman–Crippen LogP) is 1.71. The summed E-state index contributed by atoms with van der Waals surface area (Å²) in [5.41, 5.74) is 5.87. The van der Waals surface area contributed by atoms with Crippen LogP contribution in [0.3, 0.4) is 0 Å². The van der Waals surface area contributed by atoms with Gasteiger partial charge < -0.3 is 11.1 Å². The van der Waals surface area contributed by atoms with Gasteiger partial charge >= 0.3 is 0 Å². The quantitative estimate of drug-likeness (QED) is 0.872. The van der Waals surface area contributed by atoms with Crippen molar-refractivity contribution in [2.45, 2.75) is 44.6 Å². The van der Waals surface area contributed by atoms with Crippen molar-refractivity contribution in [3.8, 4) is 0 Å². The third-order valence-corrected chi connectivity index (χ3v) is 4.53. The highest BCUT2D eigenvalue weighted by molar-refractivity contribution is 7.09. The molecule has 0 radical (unpaired) electrons. The first kappa shape index (κ1) is 13.5. The molecule has 0 aromatic carbocycles. The molecule has 0 bridgehead atoms. The fourth-order valence-corrected chi connectivity index (χ4v) is 3.20. The molecule has 1 aliphatic carbocycles. The van der Waals surface area contributed by atoms with Gasteiger partial charge in [0, 0.05) is 30.1 Å². The van der Waals surface area contributed by atoms with Gasteiger partial charge in [0.05, 0.1) is 10.9 Å². The van der Waals surface area contributed by atoms with Gasteiger partial charge in [-0.05, 0) is 19.8 Å². The molecule has 3 N–H and O–H groups in total. The van der Waals surface area contributed by atoms with Crippen LogP contribution in [0.4, 0.5) is 0 Å². The number of carbonyl (C=O) groups excluding carboxylic acids is 1. The lowest BCUT2D eigenvalue weighted by molar-refractivity contribution is -0.128. The minimum Gasteiger partial charge on any atom is -0.355 e. The molecule has 1 amide bonds. The first-order chi connectivity index (χ1) is 8.59. The summed E-state index contributed by atoms with van der Waals surface area (Å²) in [5.74, 6) is 0.0683. The molecule has 5 heteroatoms. The topological polar surface area (TPSA) is 68.0 Å². The van der Waals surface area contributed by atoms with E-state index < -0.39 is 0 Å². The van der Waals surface area contributed by atoms with Crippen LogP contribution in [0.25, 0.3) is 0 Å². The predicted molar refractivity (Wildman–Crippen MR) is 73.4 cm³/mol. The van der Waals surface area contributed by atoms with E-state index in [1.165, 1.54) is 0 Å². The third kappa shape index (κ3) is 3.29. The van der Waals surface area contributed by atoms with Gasteiger partial charge in [-0.25, -0.2) is 4.98 Å². The molecule has 1 heterocycles. The van der Waals surface area contributed by atoms with Gasteiger partial charge in [-0.1, -0.05) is 12.8 Å². The number of amides is 1. The summed E-state index contributed by atoms with van der Waals surface area (Å²) in [7, 11) is 0. The van der Waals surface area contributed by atoms with Crippen molar-refractivity contribution < 1.29 is 4.79 Å². The Morgan fingerprint density at radius 2 is 2.50 bits per heavy atom. The zero-order valence-corrected chi connectivity index (χ0v) is 11.6. The summed E-state index contributed by atoms with van der Waals surface area (Å²) in [6.07, 6.45) is 6.69. The van der Waals surface area contributed by atoms with Crippen molar-refractivity contribution in [1.82, 2.24) is 10.3 Å². The summed E-state index contributed by atoms with van der Waals surface area (Å²) in [6, 6.07) is 0. The molecule has 1 saturated carbocycles. The number of hydrogen-bond acceptors (Lipinski definition) is 4. The summed E-state index contributed by atoms with van der Waals surface area (Å²) < 4.78 is 0. The van der Waals surface area contributed by atoms with E-state index in [1.807, 2.05) is 12.3 Å². The van der Waals surface area contributed by atoms with E-state index in [0.717, 1.165) is 37.1 Å². The second-order valence-electron chi connectivity index (χ2n) is 5.27. The van der Waals surface area contributed by atoms with Crippen LogP contribution in [-0.4, -0.2) is 23.0 Å². The Hall–Kier alpha value is -0.940. The van der Waals surface area contributed by atoms with Gasteiger partial charge in [0.2, 0.25) is 5.91 Å². The zero-order chi connectivity index (χ0) is 13.0. The van der Waals surface area contributed by atoms with Crippen LogP contribution in [0.1, 0.15) is 37.6 Å². The van der Waals surface area contributed by atoms with Crippen molar-refractivity contribution in [3.05, 3.63) is 16.6 Å². The molecule has 1 aliphatic rings. The van der Waals surface area contributed by atoms with Gasteiger partial charge in [-0.3, -0.25) is 4.79 Å². The lowest BCUT2D eigenvalue weighted by Gasteiger charge is -2.37. The maximum atomic E-state index is 12.1. The van der Waals surface area contributed by atoms with Crippen LogP contribution >= 0.6 is 11.3 Å². The van der Waals surface area contributed by atoms with E-state index in [2.05, 4.69) is 10.3 Å². The lowest BCUT2D eigenvalue weighted by Crippen LogP contribution is -2.53. The van der Waals surface area contributed by atoms with Crippen molar-refractivity contribution in [1.29, 1.82) is 0 Å². The summed E-state index contributed by atoms with van der Waals surface area (Å²) >= 11 is 1.62. The number of aromatic nitrogens is 1. The molecule has 0 aliphatic heterocycles. The van der Waals surface area contributed by atoms with Crippen LogP contribution in [-0.2, 0) is 11.2 Å². The minimum atomic E-state index is -0.344. The smallest absolute Gasteiger partial charge is 0.224 e. The molecule has 2 atom stereocenters. The standard InChI is InChI=1S/C13H21N3OS/c1-13(14)6-3-2-4-10(13)12(17)16-7-5-11-15-8-9-18-11/h8-10H,2-7,14H2,1H3,(H,16,17). The molecule has 4 nitrogen and oxygen atoms in total. The Bertz CT molecular complexity index is 389. The fraction of sp³-hybridized carbons (Fsp3) is 0.692. The molecule has 1 aromatic heterocycles. The van der Waals surface area contributed by atoms with Crippen LogP contribution < -0.4 is 11.1 Å². The number of hydrogen-bond donors (Lipinski definition) is 2. The normalized spacial score (nSPS) is 28.0. The van der Waals surface area contributed by atoms with Crippen LogP contribution in [0.5, 0.6) is 0 Å². The Morgan fingerprint density at radius 3 is 3.17 bits per heavy atom. The van der Waals surface area contributed by atoms with E-state index in [4.69, 9.17) is 5.73 Å². The summed E-state index contributed by atoms with van der Waals surface area (Å²) in [6.45, 7) is 2.65. The fourth-order valence-electron chi connectivity index (χ4n) is 2.58. The highest BCUT2D eigenvalue weighted by Crippen LogP contribution is 2.31. The average molecular weight is 267 g/mol. The molecule has 100 valence electrons. The monoisotopic (exact) mass is 267 g/mol. The van der Waals surface area contributed by atoms with E-state index in [1.54, 1.807) is 17.5 Å². The molecular formula is C13H21N3OS. The molecule has 1 fully saturated rings. The first-order valence-electron chi connectivity index (χ1n) is 6.54. The largest absolute Gasteiger partial charge is 0.355 e. The van der Waals surface area contributed by atoms with Gasteiger partial charge in [0.25, 0.3) is 0 Å². The first-order valence-corrected chi connectivity index (χ1v) is 7.42. The Morgan fingerprint density at radius 1 is 1.67 bits per heavy atom. The van der Waals surface area contributed by atoms with Crippen LogP contribution in [0.2, 0.25) is 0 Å². The van der Waals surface area contributed by atoms with Gasteiger partial charge in [-0.2, -0.15) is 0 Å². The third-order valence-electron chi connectivity index (χ3n) is 3.69. The van der Waals surface area contributed by atoms with Gasteiger partial charge in [-0.15, -0.1) is 11.3 Å². The summed E-state index contributed by atoms with van der Waals surface area (Å²) in [4.78, 5) is 16.3. The van der Waals surface area contributed by atoms with Crippen molar-refractivity contribution >= 4 is 17.2 Å². The second-order valence-corrected chi connectivity index (χ2v) is 6.25. The van der Waals surface area contributed by atoms with Crippen LogP contribution in [0.15, 0.2) is 11.6 Å². The molecular weight excluding hydrogens is 246 g/mol. The number of nitrogens with one attached hydrogen (secondary N) is 1. The zero-order valence-electron chi connectivity index (χ0n) is 10.8. The van der Waals surface area contributed by atoms with E-state index in [9.17, 15) is 4.79 Å². The average Bonchev–Trinajstić information content (AvgIpc) is 2.81. The highest BCUT2D eigenvalue weighted by atomic mass is 32.1. The Kier molecular flexibility index (Phi) is 4.35. The number of nitrogens with zero attached hydrogens (tertiary/aromatic N) is 1. The Balaban J connectivity index is 1.80. The molecule has 18 heavy (non-hydrogen) atoms. The number of thiazole rings is 1. The van der Waals surface area contributed by atoms with E-state index in [-0.39, 0.29) is 17.4 Å². The molecule has 1 aromatic rings. The van der Waals surface area contributed by atoms with E-state index in [0.29, 0.717) is 6.54 Å². The van der Waals surface area contributed by atoms with E-state index >= 15 is 0 Å². The van der Waals surface area contributed by atoms with Crippen LogP contribution in [0, 0.1) is 5.92 Å².